The van der Waals surface area contributed by atoms with E-state index < -0.39 is 4.92 Å². The van der Waals surface area contributed by atoms with Crippen molar-refractivity contribution in [2.24, 2.45) is 0 Å². The number of Topliss-reactive ketones (excluding diaryl/α,β-unsaturated/α-hetero) is 1. The quantitative estimate of drug-likeness (QED) is 0.481. The number of hydrogen-bond donors (Lipinski definition) is 0. The Kier molecular flexibility index (Phi) is 3.97. The van der Waals surface area contributed by atoms with Crippen LogP contribution in [0.3, 0.4) is 0 Å². The molecule has 0 unspecified atom stereocenters. The van der Waals surface area contributed by atoms with Crippen molar-refractivity contribution >= 4 is 23.2 Å². The van der Waals surface area contributed by atoms with Gasteiger partial charge in [0.15, 0.2) is 5.78 Å². The molecule has 0 heterocycles. The van der Waals surface area contributed by atoms with E-state index in [9.17, 15) is 14.9 Å². The molecule has 5 heteroatoms. The van der Waals surface area contributed by atoms with E-state index in [4.69, 9.17) is 0 Å². The van der Waals surface area contributed by atoms with E-state index in [1.165, 1.54) is 30.8 Å². The predicted octanol–water partition coefficient (Wildman–Crippen LogP) is 3.95. The van der Waals surface area contributed by atoms with Crippen molar-refractivity contribution in [3.05, 3.63) is 64.2 Å². The minimum atomic E-state index is -0.433. The third-order valence-corrected chi connectivity index (χ3v) is 3.63. The lowest BCUT2D eigenvalue weighted by Gasteiger charge is -2.06. The molecule has 0 saturated carbocycles. The van der Waals surface area contributed by atoms with E-state index in [2.05, 4.69) is 0 Å². The maximum atomic E-state index is 11.5. The fourth-order valence-corrected chi connectivity index (χ4v) is 2.60. The van der Waals surface area contributed by atoms with Crippen molar-refractivity contribution in [1.29, 1.82) is 0 Å². The van der Waals surface area contributed by atoms with Crippen molar-refractivity contribution in [2.75, 3.05) is 0 Å². The number of carbonyl (C=O) groups excluding carboxylic acids is 1. The monoisotopic (exact) mass is 273 g/mol. The Hall–Kier alpha value is -2.14. The van der Waals surface area contributed by atoms with Gasteiger partial charge in [0, 0.05) is 27.5 Å². The molecular weight excluding hydrogens is 262 g/mol. The van der Waals surface area contributed by atoms with Crippen LogP contribution >= 0.6 is 11.8 Å². The zero-order chi connectivity index (χ0) is 13.8. The predicted molar refractivity (Wildman–Crippen MR) is 73.7 cm³/mol. The molecule has 0 spiro atoms. The van der Waals surface area contributed by atoms with E-state index >= 15 is 0 Å². The van der Waals surface area contributed by atoms with Gasteiger partial charge in [0.25, 0.3) is 5.69 Å². The third kappa shape index (κ3) is 3.20. The molecule has 19 heavy (non-hydrogen) atoms. The fourth-order valence-electron chi connectivity index (χ4n) is 1.61. The van der Waals surface area contributed by atoms with Crippen LogP contribution < -0.4 is 0 Å². The van der Waals surface area contributed by atoms with Gasteiger partial charge >= 0.3 is 0 Å². The Morgan fingerprint density at radius 3 is 2.32 bits per heavy atom. The van der Waals surface area contributed by atoms with Crippen LogP contribution in [0.5, 0.6) is 0 Å². The van der Waals surface area contributed by atoms with Crippen molar-refractivity contribution in [1.82, 2.24) is 0 Å². The first-order valence-corrected chi connectivity index (χ1v) is 6.42. The molecule has 2 aromatic rings. The van der Waals surface area contributed by atoms with Crippen molar-refractivity contribution in [2.45, 2.75) is 16.7 Å². The van der Waals surface area contributed by atoms with Gasteiger partial charge in [-0.25, -0.2) is 0 Å². The molecule has 0 saturated heterocycles. The van der Waals surface area contributed by atoms with Crippen molar-refractivity contribution < 1.29 is 9.72 Å². The van der Waals surface area contributed by atoms with E-state index in [1.54, 1.807) is 18.2 Å². The summed E-state index contributed by atoms with van der Waals surface area (Å²) in [5.74, 6) is 0.00464. The molecule has 4 nitrogen and oxygen atoms in total. The SMILES string of the molecule is CC(=O)c1ccccc1Sc1ccc([N+](=O)[O-])cc1. The minimum absolute atomic E-state index is 0.00464. The first kappa shape index (κ1) is 13.3. The molecule has 0 aliphatic rings. The van der Waals surface area contributed by atoms with Gasteiger partial charge in [0.05, 0.1) is 4.92 Å². The number of hydrogen-bond acceptors (Lipinski definition) is 4. The number of rotatable bonds is 4. The van der Waals surface area contributed by atoms with E-state index in [-0.39, 0.29) is 11.5 Å². The second kappa shape index (κ2) is 5.67. The standard InChI is InChI=1S/C14H11NO3S/c1-10(16)13-4-2-3-5-14(13)19-12-8-6-11(7-9-12)15(17)18/h2-9H,1H3. The summed E-state index contributed by atoms with van der Waals surface area (Å²) in [6.45, 7) is 1.52. The van der Waals surface area contributed by atoms with E-state index in [1.807, 2.05) is 18.2 Å². The smallest absolute Gasteiger partial charge is 0.269 e. The second-order valence-electron chi connectivity index (χ2n) is 3.91. The number of nitro benzene ring substituents is 1. The summed E-state index contributed by atoms with van der Waals surface area (Å²) in [6, 6.07) is 13.6. The normalized spacial score (nSPS) is 10.2. The van der Waals surface area contributed by atoms with E-state index in [0.717, 1.165) is 9.79 Å². The number of nitrogens with zero attached hydrogens (tertiary/aromatic N) is 1. The van der Waals surface area contributed by atoms with Gasteiger partial charge in [-0.1, -0.05) is 30.0 Å². The molecule has 0 radical (unpaired) electrons. The van der Waals surface area contributed by atoms with Gasteiger partial charge in [-0.15, -0.1) is 0 Å². The average Bonchev–Trinajstić information content (AvgIpc) is 2.39. The summed E-state index contributed by atoms with van der Waals surface area (Å²) >= 11 is 1.42. The summed E-state index contributed by atoms with van der Waals surface area (Å²) in [5, 5.41) is 10.6. The first-order chi connectivity index (χ1) is 9.08. The van der Waals surface area contributed by atoms with Gasteiger partial charge in [-0.05, 0) is 25.1 Å². The van der Waals surface area contributed by atoms with Gasteiger partial charge in [-0.2, -0.15) is 0 Å². The van der Waals surface area contributed by atoms with Gasteiger partial charge < -0.3 is 0 Å². The van der Waals surface area contributed by atoms with Crippen LogP contribution in [-0.4, -0.2) is 10.7 Å². The number of nitro groups is 1. The molecule has 0 amide bonds. The highest BCUT2D eigenvalue weighted by molar-refractivity contribution is 7.99. The fraction of sp³-hybridized carbons (Fsp3) is 0.0714. The molecule has 0 aliphatic heterocycles. The Bertz CT molecular complexity index is 623. The molecule has 2 aromatic carbocycles. The summed E-state index contributed by atoms with van der Waals surface area (Å²) in [6.07, 6.45) is 0. The summed E-state index contributed by atoms with van der Waals surface area (Å²) in [5.41, 5.74) is 0.718. The molecule has 0 aromatic heterocycles. The van der Waals surface area contributed by atoms with Crippen LogP contribution in [0.1, 0.15) is 17.3 Å². The lowest BCUT2D eigenvalue weighted by atomic mass is 10.1. The van der Waals surface area contributed by atoms with E-state index in [0.29, 0.717) is 5.56 Å². The van der Waals surface area contributed by atoms with Crippen LogP contribution in [0.15, 0.2) is 58.3 Å². The van der Waals surface area contributed by atoms with Crippen LogP contribution in [-0.2, 0) is 0 Å². The van der Waals surface area contributed by atoms with Gasteiger partial charge in [0.1, 0.15) is 0 Å². The van der Waals surface area contributed by atoms with Gasteiger partial charge in [-0.3, -0.25) is 14.9 Å². The van der Waals surface area contributed by atoms with Crippen LogP contribution in [0, 0.1) is 10.1 Å². The first-order valence-electron chi connectivity index (χ1n) is 5.60. The topological polar surface area (TPSA) is 60.2 Å². The zero-order valence-corrected chi connectivity index (χ0v) is 11.0. The van der Waals surface area contributed by atoms with Crippen LogP contribution in [0.25, 0.3) is 0 Å². The molecule has 2 rings (SSSR count). The molecule has 0 atom stereocenters. The Labute approximate surface area is 114 Å². The highest BCUT2D eigenvalue weighted by atomic mass is 32.2. The lowest BCUT2D eigenvalue weighted by Crippen LogP contribution is -1.94. The number of ketones is 1. The second-order valence-corrected chi connectivity index (χ2v) is 5.02. The maximum Gasteiger partial charge on any atom is 0.269 e. The molecule has 0 N–H and O–H groups in total. The number of benzene rings is 2. The highest BCUT2D eigenvalue weighted by Crippen LogP contribution is 2.31. The summed E-state index contributed by atoms with van der Waals surface area (Å²) < 4.78 is 0. The summed E-state index contributed by atoms with van der Waals surface area (Å²) in [4.78, 5) is 23.3. The van der Waals surface area contributed by atoms with Crippen molar-refractivity contribution in [3.8, 4) is 0 Å². The third-order valence-electron chi connectivity index (χ3n) is 2.54. The Morgan fingerprint density at radius 1 is 1.11 bits per heavy atom. The van der Waals surface area contributed by atoms with Crippen LogP contribution in [0.4, 0.5) is 5.69 Å². The Balaban J connectivity index is 2.26. The molecule has 0 bridgehead atoms. The Morgan fingerprint density at radius 2 is 1.74 bits per heavy atom. The largest absolute Gasteiger partial charge is 0.294 e. The van der Waals surface area contributed by atoms with Gasteiger partial charge in [0.2, 0.25) is 0 Å². The maximum absolute atomic E-state index is 11.5. The zero-order valence-electron chi connectivity index (χ0n) is 10.2. The number of non-ortho nitro benzene ring substituents is 1. The van der Waals surface area contributed by atoms with Crippen molar-refractivity contribution in [3.63, 3.8) is 0 Å². The lowest BCUT2D eigenvalue weighted by molar-refractivity contribution is -0.384. The van der Waals surface area contributed by atoms with Crippen LogP contribution in [0.2, 0.25) is 0 Å². The minimum Gasteiger partial charge on any atom is -0.294 e. The summed E-state index contributed by atoms with van der Waals surface area (Å²) in [7, 11) is 0. The molecule has 96 valence electrons. The molecule has 0 fully saturated rings. The highest BCUT2D eigenvalue weighted by Gasteiger charge is 2.09. The number of carbonyl (C=O) groups is 1. The average molecular weight is 273 g/mol. The molecule has 0 aliphatic carbocycles. The molecular formula is C14H11NO3S.